The largest absolute Gasteiger partial charge is 0.464 e. The van der Waals surface area contributed by atoms with Crippen molar-refractivity contribution in [3.8, 4) is 0 Å². The van der Waals surface area contributed by atoms with Crippen molar-refractivity contribution in [1.82, 2.24) is 0 Å². The molecule has 2 aromatic carbocycles. The molecule has 112 valence electrons. The predicted molar refractivity (Wildman–Crippen MR) is 87.8 cm³/mol. The number of hydrogen-bond acceptors (Lipinski definition) is 4. The average Bonchev–Trinajstić information content (AvgIpc) is 2.57. The molecular weight excluding hydrogens is 292 g/mol. The van der Waals surface area contributed by atoms with Crippen molar-refractivity contribution >= 4 is 21.9 Å². The van der Waals surface area contributed by atoms with Crippen LogP contribution in [0.15, 0.2) is 79.5 Å². The molecule has 0 fully saturated rings. The van der Waals surface area contributed by atoms with Gasteiger partial charge in [0.1, 0.15) is 11.2 Å². The van der Waals surface area contributed by atoms with E-state index >= 15 is 0 Å². The Morgan fingerprint density at radius 2 is 1.13 bits per heavy atom. The molecule has 23 heavy (non-hydrogen) atoms. The van der Waals surface area contributed by atoms with Gasteiger partial charge in [-0.3, -0.25) is 9.59 Å². The lowest BCUT2D eigenvalue weighted by atomic mass is 10.0. The van der Waals surface area contributed by atoms with Crippen LogP contribution in [0.1, 0.15) is 11.1 Å². The Bertz CT molecular complexity index is 1040. The van der Waals surface area contributed by atoms with Crippen molar-refractivity contribution in [2.75, 3.05) is 0 Å². The third-order valence-corrected chi connectivity index (χ3v) is 3.92. The summed E-state index contributed by atoms with van der Waals surface area (Å²) in [5.41, 5.74) is 2.74. The van der Waals surface area contributed by atoms with Crippen LogP contribution >= 0.6 is 0 Å². The SMILES string of the molecule is O=c1ccoc2c(Cc3cccc4c(=O)ccoc34)cccc12. The maximum Gasteiger partial charge on any atom is 0.192 e. The highest BCUT2D eigenvalue weighted by atomic mass is 16.3. The second kappa shape index (κ2) is 5.25. The highest BCUT2D eigenvalue weighted by molar-refractivity contribution is 5.83. The summed E-state index contributed by atoms with van der Waals surface area (Å²) in [4.78, 5) is 23.8. The fourth-order valence-corrected chi connectivity index (χ4v) is 2.83. The van der Waals surface area contributed by atoms with Gasteiger partial charge in [0.2, 0.25) is 0 Å². The van der Waals surface area contributed by atoms with Gasteiger partial charge in [0.05, 0.1) is 23.3 Å². The summed E-state index contributed by atoms with van der Waals surface area (Å²) in [6, 6.07) is 13.8. The summed E-state index contributed by atoms with van der Waals surface area (Å²) in [5.74, 6) is 0. The van der Waals surface area contributed by atoms with E-state index < -0.39 is 0 Å². The Kier molecular flexibility index (Phi) is 3.08. The van der Waals surface area contributed by atoms with E-state index in [9.17, 15) is 9.59 Å². The summed E-state index contributed by atoms with van der Waals surface area (Å²) in [5, 5.41) is 1.10. The van der Waals surface area contributed by atoms with Crippen LogP contribution in [0.2, 0.25) is 0 Å². The fraction of sp³-hybridized carbons (Fsp3) is 0.0526. The second-order valence-electron chi connectivity index (χ2n) is 5.33. The average molecular weight is 304 g/mol. The lowest BCUT2D eigenvalue weighted by Gasteiger charge is -2.07. The zero-order valence-electron chi connectivity index (χ0n) is 12.1. The van der Waals surface area contributed by atoms with Gasteiger partial charge >= 0.3 is 0 Å². The Labute approximate surface area is 130 Å². The molecule has 0 bridgehead atoms. The van der Waals surface area contributed by atoms with E-state index in [2.05, 4.69) is 0 Å². The number of benzene rings is 2. The fourth-order valence-electron chi connectivity index (χ4n) is 2.83. The molecule has 4 heteroatoms. The predicted octanol–water partition coefficient (Wildman–Crippen LogP) is 3.49. The van der Waals surface area contributed by atoms with Crippen LogP contribution in [-0.4, -0.2) is 0 Å². The van der Waals surface area contributed by atoms with Crippen LogP contribution in [0.4, 0.5) is 0 Å². The maximum absolute atomic E-state index is 11.9. The normalized spacial score (nSPS) is 11.1. The summed E-state index contributed by atoms with van der Waals surface area (Å²) in [6.07, 6.45) is 3.31. The minimum Gasteiger partial charge on any atom is -0.464 e. The molecule has 0 aliphatic carbocycles. The van der Waals surface area contributed by atoms with Gasteiger partial charge < -0.3 is 8.83 Å². The Morgan fingerprint density at radius 1 is 0.652 bits per heavy atom. The smallest absolute Gasteiger partial charge is 0.192 e. The summed E-state index contributed by atoms with van der Waals surface area (Å²) in [6.45, 7) is 0. The van der Waals surface area contributed by atoms with Gasteiger partial charge in [0.25, 0.3) is 0 Å². The molecule has 4 nitrogen and oxygen atoms in total. The molecule has 0 radical (unpaired) electrons. The van der Waals surface area contributed by atoms with Crippen molar-refractivity contribution in [3.05, 3.63) is 92.6 Å². The van der Waals surface area contributed by atoms with E-state index in [0.717, 1.165) is 11.1 Å². The van der Waals surface area contributed by atoms with E-state index in [4.69, 9.17) is 8.83 Å². The van der Waals surface area contributed by atoms with Crippen LogP contribution in [-0.2, 0) is 6.42 Å². The lowest BCUT2D eigenvalue weighted by molar-refractivity contribution is 0.594. The number of rotatable bonds is 2. The minimum absolute atomic E-state index is 0.0717. The van der Waals surface area contributed by atoms with Crippen molar-refractivity contribution < 1.29 is 8.83 Å². The Morgan fingerprint density at radius 3 is 1.61 bits per heavy atom. The first-order valence-electron chi connectivity index (χ1n) is 7.23. The zero-order valence-corrected chi connectivity index (χ0v) is 12.1. The quantitative estimate of drug-likeness (QED) is 0.569. The third kappa shape index (κ3) is 2.25. The molecule has 2 aromatic heterocycles. The lowest BCUT2D eigenvalue weighted by Crippen LogP contribution is -2.02. The van der Waals surface area contributed by atoms with Crippen molar-refractivity contribution in [3.63, 3.8) is 0 Å². The molecule has 0 unspecified atom stereocenters. The van der Waals surface area contributed by atoms with Crippen molar-refractivity contribution in [1.29, 1.82) is 0 Å². The molecular formula is C19H12O4. The molecule has 0 atom stereocenters. The highest BCUT2D eigenvalue weighted by Gasteiger charge is 2.10. The van der Waals surface area contributed by atoms with Gasteiger partial charge in [-0.15, -0.1) is 0 Å². The van der Waals surface area contributed by atoms with Crippen molar-refractivity contribution in [2.24, 2.45) is 0 Å². The molecule has 4 aromatic rings. The van der Waals surface area contributed by atoms with Gasteiger partial charge in [0.15, 0.2) is 10.9 Å². The van der Waals surface area contributed by atoms with E-state index in [-0.39, 0.29) is 10.9 Å². The molecule has 0 saturated carbocycles. The third-order valence-electron chi connectivity index (χ3n) is 3.92. The number of hydrogen-bond donors (Lipinski definition) is 0. The van der Waals surface area contributed by atoms with E-state index in [0.29, 0.717) is 28.4 Å². The topological polar surface area (TPSA) is 60.4 Å². The summed E-state index contributed by atoms with van der Waals surface area (Å²) >= 11 is 0. The molecule has 0 aliphatic rings. The van der Waals surface area contributed by atoms with Crippen molar-refractivity contribution in [2.45, 2.75) is 6.42 Å². The summed E-state index contributed by atoms with van der Waals surface area (Å²) in [7, 11) is 0. The molecule has 4 rings (SSSR count). The van der Waals surface area contributed by atoms with E-state index in [1.165, 1.54) is 24.7 Å². The van der Waals surface area contributed by atoms with Gasteiger partial charge in [-0.05, 0) is 12.1 Å². The monoisotopic (exact) mass is 304 g/mol. The first-order valence-corrected chi connectivity index (χ1v) is 7.23. The van der Waals surface area contributed by atoms with Crippen LogP contribution in [0.5, 0.6) is 0 Å². The molecule has 0 aliphatic heterocycles. The van der Waals surface area contributed by atoms with Crippen LogP contribution in [0, 0.1) is 0 Å². The Balaban J connectivity index is 1.93. The van der Waals surface area contributed by atoms with Gasteiger partial charge in [-0.2, -0.15) is 0 Å². The first kappa shape index (κ1) is 13.5. The molecule has 0 N–H and O–H groups in total. The minimum atomic E-state index is -0.0717. The second-order valence-corrected chi connectivity index (χ2v) is 5.33. The molecule has 0 amide bonds. The first-order chi connectivity index (χ1) is 11.2. The zero-order chi connectivity index (χ0) is 15.8. The van der Waals surface area contributed by atoms with Crippen LogP contribution in [0.25, 0.3) is 21.9 Å². The number of fused-ring (bicyclic) bond motifs is 2. The summed E-state index contributed by atoms with van der Waals surface area (Å²) < 4.78 is 11.1. The van der Waals surface area contributed by atoms with Crippen LogP contribution < -0.4 is 10.9 Å². The highest BCUT2D eigenvalue weighted by Crippen LogP contribution is 2.23. The molecule has 0 saturated heterocycles. The van der Waals surface area contributed by atoms with Crippen LogP contribution in [0.3, 0.4) is 0 Å². The van der Waals surface area contributed by atoms with E-state index in [1.807, 2.05) is 24.3 Å². The maximum atomic E-state index is 11.9. The Hall–Kier alpha value is -3.14. The number of para-hydroxylation sites is 2. The van der Waals surface area contributed by atoms with E-state index in [1.54, 1.807) is 12.1 Å². The standard InChI is InChI=1S/C19H12O4/c20-16-7-9-22-18-12(3-1-5-14(16)18)11-13-4-2-6-15-17(21)8-10-23-19(13)15/h1-10H,11H2. The van der Waals surface area contributed by atoms with Gasteiger partial charge in [-0.25, -0.2) is 0 Å². The van der Waals surface area contributed by atoms with Gasteiger partial charge in [0, 0.05) is 29.7 Å². The van der Waals surface area contributed by atoms with Gasteiger partial charge in [-0.1, -0.05) is 24.3 Å². The molecule has 0 spiro atoms. The molecule has 2 heterocycles.